The number of hydrogen-bond acceptors (Lipinski definition) is 2. The number of hydrogen-bond donors (Lipinski definition) is 2. The van der Waals surface area contributed by atoms with Crippen LogP contribution in [0.3, 0.4) is 0 Å². The van der Waals surface area contributed by atoms with Gasteiger partial charge in [-0.3, -0.25) is 4.72 Å². The molecule has 88 valence electrons. The number of nitrogen functional groups attached to an aromatic ring is 1. The summed E-state index contributed by atoms with van der Waals surface area (Å²) in [5.41, 5.74) is 6.33. The van der Waals surface area contributed by atoms with E-state index in [-0.39, 0.29) is 5.69 Å². The van der Waals surface area contributed by atoms with Gasteiger partial charge in [-0.25, -0.2) is 8.60 Å². The molecule has 1 unspecified atom stereocenters. The monoisotopic (exact) mass is 250 g/mol. The van der Waals surface area contributed by atoms with Crippen molar-refractivity contribution in [2.75, 3.05) is 10.5 Å². The van der Waals surface area contributed by atoms with Crippen LogP contribution >= 0.6 is 0 Å². The van der Waals surface area contributed by atoms with E-state index >= 15 is 0 Å². The van der Waals surface area contributed by atoms with Gasteiger partial charge in [0.2, 0.25) is 0 Å². The van der Waals surface area contributed by atoms with Crippen LogP contribution < -0.4 is 10.5 Å². The minimum atomic E-state index is -1.50. The minimum Gasteiger partial charge on any atom is -0.399 e. The molecule has 5 heteroatoms. The quantitative estimate of drug-likeness (QED) is 0.822. The molecule has 2 aromatic carbocycles. The maximum Gasteiger partial charge on any atom is 0.150 e. The van der Waals surface area contributed by atoms with Crippen molar-refractivity contribution in [3.8, 4) is 0 Å². The molecular weight excluding hydrogens is 239 g/mol. The highest BCUT2D eigenvalue weighted by molar-refractivity contribution is 7.86. The Morgan fingerprint density at radius 3 is 2.35 bits per heavy atom. The lowest BCUT2D eigenvalue weighted by atomic mass is 10.3. The van der Waals surface area contributed by atoms with Gasteiger partial charge in [-0.15, -0.1) is 0 Å². The van der Waals surface area contributed by atoms with Gasteiger partial charge in [-0.1, -0.05) is 12.1 Å². The summed E-state index contributed by atoms with van der Waals surface area (Å²) in [6.45, 7) is 0. The molecule has 2 aromatic rings. The number of nitrogens with two attached hydrogens (primary N) is 1. The Morgan fingerprint density at radius 1 is 1.06 bits per heavy atom. The molecule has 0 radical (unpaired) electrons. The fourth-order valence-corrected chi connectivity index (χ4v) is 2.16. The number of rotatable bonds is 3. The molecule has 3 nitrogen and oxygen atoms in total. The number of nitrogens with one attached hydrogen (secondary N) is 1. The fraction of sp³-hybridized carbons (Fsp3) is 0. The number of para-hydroxylation sites is 1. The van der Waals surface area contributed by atoms with E-state index in [0.29, 0.717) is 10.6 Å². The molecule has 0 saturated carbocycles. The Bertz CT molecular complexity index is 542. The lowest BCUT2D eigenvalue weighted by Crippen LogP contribution is -2.06. The Morgan fingerprint density at radius 2 is 1.71 bits per heavy atom. The van der Waals surface area contributed by atoms with Crippen LogP contribution in [0, 0.1) is 5.82 Å². The lowest BCUT2D eigenvalue weighted by molar-refractivity contribution is 0.631. The smallest absolute Gasteiger partial charge is 0.150 e. The number of halogens is 1. The van der Waals surface area contributed by atoms with E-state index in [4.69, 9.17) is 5.73 Å². The summed E-state index contributed by atoms with van der Waals surface area (Å²) in [5.74, 6) is -0.434. The summed E-state index contributed by atoms with van der Waals surface area (Å²) in [7, 11) is -1.50. The lowest BCUT2D eigenvalue weighted by Gasteiger charge is -2.06. The van der Waals surface area contributed by atoms with E-state index in [9.17, 15) is 8.60 Å². The molecule has 0 fully saturated rings. The first-order valence-corrected chi connectivity index (χ1v) is 6.10. The van der Waals surface area contributed by atoms with Crippen molar-refractivity contribution in [3.05, 3.63) is 54.3 Å². The third-order valence-corrected chi connectivity index (χ3v) is 3.28. The molecule has 3 N–H and O–H groups in total. The van der Waals surface area contributed by atoms with Crippen LogP contribution in [0.1, 0.15) is 0 Å². The minimum absolute atomic E-state index is 0.211. The van der Waals surface area contributed by atoms with Gasteiger partial charge < -0.3 is 5.73 Å². The molecular formula is C12H11FN2OS. The molecule has 0 aliphatic heterocycles. The van der Waals surface area contributed by atoms with Gasteiger partial charge in [0.25, 0.3) is 0 Å². The van der Waals surface area contributed by atoms with Crippen molar-refractivity contribution >= 4 is 22.4 Å². The summed E-state index contributed by atoms with van der Waals surface area (Å²) in [5, 5.41) is 0. The first-order valence-electron chi connectivity index (χ1n) is 4.95. The standard InChI is InChI=1S/C12H11FN2OS/c13-11-3-1-2-4-12(11)15-17(16)10-7-5-9(14)6-8-10/h1-8,15H,14H2. The summed E-state index contributed by atoms with van der Waals surface area (Å²) in [6, 6.07) is 12.7. The molecule has 0 spiro atoms. The van der Waals surface area contributed by atoms with Crippen LogP contribution in [0.25, 0.3) is 0 Å². The summed E-state index contributed by atoms with van der Waals surface area (Å²) >= 11 is 0. The molecule has 0 aliphatic rings. The van der Waals surface area contributed by atoms with Crippen LogP contribution in [0.4, 0.5) is 15.8 Å². The third-order valence-electron chi connectivity index (χ3n) is 2.17. The molecule has 0 aliphatic carbocycles. The van der Waals surface area contributed by atoms with Crippen LogP contribution in [0.2, 0.25) is 0 Å². The van der Waals surface area contributed by atoms with Gasteiger partial charge in [-0.05, 0) is 36.4 Å². The van der Waals surface area contributed by atoms with E-state index in [1.54, 1.807) is 36.4 Å². The largest absolute Gasteiger partial charge is 0.399 e. The maximum absolute atomic E-state index is 13.3. The SMILES string of the molecule is Nc1ccc(S(=O)Nc2ccccc2F)cc1. The molecule has 0 saturated heterocycles. The maximum atomic E-state index is 13.3. The van der Waals surface area contributed by atoms with Gasteiger partial charge in [0.1, 0.15) is 16.8 Å². The zero-order chi connectivity index (χ0) is 12.3. The summed E-state index contributed by atoms with van der Waals surface area (Å²) in [6.07, 6.45) is 0. The van der Waals surface area contributed by atoms with E-state index < -0.39 is 16.8 Å². The molecule has 2 rings (SSSR count). The zero-order valence-electron chi connectivity index (χ0n) is 8.89. The van der Waals surface area contributed by atoms with Crippen molar-refractivity contribution < 1.29 is 8.60 Å². The highest BCUT2D eigenvalue weighted by atomic mass is 32.2. The van der Waals surface area contributed by atoms with E-state index in [2.05, 4.69) is 4.72 Å². The number of anilines is 2. The molecule has 0 heterocycles. The van der Waals surface area contributed by atoms with Gasteiger partial charge in [0, 0.05) is 5.69 Å². The summed E-state index contributed by atoms with van der Waals surface area (Å²) < 4.78 is 27.8. The predicted octanol–water partition coefficient (Wildman–Crippen LogP) is 2.54. The first kappa shape index (κ1) is 11.6. The molecule has 17 heavy (non-hydrogen) atoms. The van der Waals surface area contributed by atoms with Gasteiger partial charge >= 0.3 is 0 Å². The first-order chi connectivity index (χ1) is 8.16. The zero-order valence-corrected chi connectivity index (χ0v) is 9.71. The predicted molar refractivity (Wildman–Crippen MR) is 67.3 cm³/mol. The Hall–Kier alpha value is -1.88. The van der Waals surface area contributed by atoms with Crippen molar-refractivity contribution in [1.82, 2.24) is 0 Å². The molecule has 0 amide bonds. The molecule has 1 atom stereocenters. The molecule has 0 bridgehead atoms. The fourth-order valence-electron chi connectivity index (χ4n) is 1.29. The Balaban J connectivity index is 2.17. The highest BCUT2D eigenvalue weighted by Crippen LogP contribution is 2.16. The van der Waals surface area contributed by atoms with Crippen LogP contribution in [-0.4, -0.2) is 4.21 Å². The van der Waals surface area contributed by atoms with Crippen molar-refractivity contribution in [3.63, 3.8) is 0 Å². The average molecular weight is 250 g/mol. The van der Waals surface area contributed by atoms with Gasteiger partial charge in [-0.2, -0.15) is 0 Å². The van der Waals surface area contributed by atoms with Crippen molar-refractivity contribution in [1.29, 1.82) is 0 Å². The average Bonchev–Trinajstić information content (AvgIpc) is 2.33. The van der Waals surface area contributed by atoms with E-state index in [1.807, 2.05) is 0 Å². The van der Waals surface area contributed by atoms with Crippen LogP contribution in [0.15, 0.2) is 53.4 Å². The van der Waals surface area contributed by atoms with Crippen molar-refractivity contribution in [2.45, 2.75) is 4.90 Å². The highest BCUT2D eigenvalue weighted by Gasteiger charge is 2.06. The van der Waals surface area contributed by atoms with Gasteiger partial charge in [0.05, 0.1) is 10.6 Å². The second-order valence-electron chi connectivity index (χ2n) is 3.42. The van der Waals surface area contributed by atoms with Gasteiger partial charge in [0.15, 0.2) is 0 Å². The second-order valence-corrected chi connectivity index (χ2v) is 4.63. The van der Waals surface area contributed by atoms with Crippen LogP contribution in [0.5, 0.6) is 0 Å². The van der Waals surface area contributed by atoms with Crippen LogP contribution in [-0.2, 0) is 11.0 Å². The third kappa shape index (κ3) is 2.82. The topological polar surface area (TPSA) is 55.1 Å². The second kappa shape index (κ2) is 4.97. The Kier molecular flexibility index (Phi) is 3.39. The van der Waals surface area contributed by atoms with E-state index in [1.165, 1.54) is 12.1 Å². The molecule has 0 aromatic heterocycles. The Labute approximate surface area is 101 Å². The normalized spacial score (nSPS) is 12.1. The number of benzene rings is 2. The summed E-state index contributed by atoms with van der Waals surface area (Å²) in [4.78, 5) is 0.544. The van der Waals surface area contributed by atoms with E-state index in [0.717, 1.165) is 0 Å². The van der Waals surface area contributed by atoms with Crippen molar-refractivity contribution in [2.24, 2.45) is 0 Å².